The third kappa shape index (κ3) is 4.55. The van der Waals surface area contributed by atoms with E-state index in [0.717, 1.165) is 17.7 Å². The van der Waals surface area contributed by atoms with Crippen molar-refractivity contribution in [2.75, 3.05) is 6.61 Å². The van der Waals surface area contributed by atoms with Crippen LogP contribution in [0.15, 0.2) is 42.5 Å². The van der Waals surface area contributed by atoms with Crippen LogP contribution < -0.4 is 4.74 Å². The quantitative estimate of drug-likeness (QED) is 0.827. The summed E-state index contributed by atoms with van der Waals surface area (Å²) in [7, 11) is 0. The van der Waals surface area contributed by atoms with E-state index in [4.69, 9.17) is 4.74 Å². The average molecular weight is 316 g/mol. The summed E-state index contributed by atoms with van der Waals surface area (Å²) in [5.74, 6) is -1.34. The van der Waals surface area contributed by atoms with Gasteiger partial charge in [-0.25, -0.2) is 4.39 Å². The minimum absolute atomic E-state index is 0.311. The van der Waals surface area contributed by atoms with Crippen LogP contribution in [0.2, 0.25) is 0 Å². The van der Waals surface area contributed by atoms with Crippen molar-refractivity contribution in [3.8, 4) is 5.75 Å². The molecular weight excluding hydrogens is 295 g/mol. The zero-order valence-electron chi connectivity index (χ0n) is 13.4. The minimum atomic E-state index is -0.959. The molecule has 0 heterocycles. The van der Waals surface area contributed by atoms with E-state index in [1.54, 1.807) is 19.1 Å². The molecule has 0 amide bonds. The highest BCUT2D eigenvalue weighted by Crippen LogP contribution is 2.24. The van der Waals surface area contributed by atoms with E-state index in [1.807, 2.05) is 31.2 Å². The van der Waals surface area contributed by atoms with E-state index in [1.165, 1.54) is 6.07 Å². The highest BCUT2D eigenvalue weighted by Gasteiger charge is 2.21. The molecule has 0 saturated heterocycles. The standard InChI is InChI=1S/C19H21FO3/c1-3-10-23-16-8-5-14(6-9-16)11-17(19(21)22)15-7-4-13(2)18(20)12-15/h4-9,12,17H,3,10-11H2,1-2H3,(H,21,22). The van der Waals surface area contributed by atoms with Gasteiger partial charge in [0.1, 0.15) is 11.6 Å². The highest BCUT2D eigenvalue weighted by molar-refractivity contribution is 5.76. The molecular formula is C19H21FO3. The Morgan fingerprint density at radius 2 is 1.91 bits per heavy atom. The number of hydrogen-bond donors (Lipinski definition) is 1. The molecule has 0 aliphatic carbocycles. The molecule has 0 fully saturated rings. The molecule has 0 saturated carbocycles. The van der Waals surface area contributed by atoms with Crippen LogP contribution in [0.1, 0.15) is 36.0 Å². The Morgan fingerprint density at radius 1 is 1.22 bits per heavy atom. The Hall–Kier alpha value is -2.36. The highest BCUT2D eigenvalue weighted by atomic mass is 19.1. The molecule has 2 aromatic carbocycles. The van der Waals surface area contributed by atoms with Gasteiger partial charge in [0, 0.05) is 0 Å². The lowest BCUT2D eigenvalue weighted by Gasteiger charge is -2.14. The number of aryl methyl sites for hydroxylation is 1. The first kappa shape index (κ1) is 17.0. The van der Waals surface area contributed by atoms with E-state index < -0.39 is 11.9 Å². The third-order valence-corrected chi connectivity index (χ3v) is 3.73. The lowest BCUT2D eigenvalue weighted by molar-refractivity contribution is -0.138. The van der Waals surface area contributed by atoms with Gasteiger partial charge in [0.05, 0.1) is 12.5 Å². The van der Waals surface area contributed by atoms with Gasteiger partial charge in [-0.3, -0.25) is 4.79 Å². The second kappa shape index (κ2) is 7.77. The summed E-state index contributed by atoms with van der Waals surface area (Å²) in [6.07, 6.45) is 1.24. The number of rotatable bonds is 7. The Balaban J connectivity index is 2.16. The Morgan fingerprint density at radius 3 is 2.48 bits per heavy atom. The van der Waals surface area contributed by atoms with Crippen molar-refractivity contribution in [3.63, 3.8) is 0 Å². The van der Waals surface area contributed by atoms with E-state index in [-0.39, 0.29) is 5.82 Å². The number of hydrogen-bond acceptors (Lipinski definition) is 2. The first-order valence-electron chi connectivity index (χ1n) is 7.72. The number of carbonyl (C=O) groups is 1. The molecule has 1 N–H and O–H groups in total. The molecule has 4 heteroatoms. The van der Waals surface area contributed by atoms with Gasteiger partial charge >= 0.3 is 5.97 Å². The fraction of sp³-hybridized carbons (Fsp3) is 0.316. The fourth-order valence-electron chi connectivity index (χ4n) is 2.35. The summed E-state index contributed by atoms with van der Waals surface area (Å²) >= 11 is 0. The van der Waals surface area contributed by atoms with Crippen molar-refractivity contribution < 1.29 is 19.0 Å². The molecule has 23 heavy (non-hydrogen) atoms. The zero-order chi connectivity index (χ0) is 16.8. The monoisotopic (exact) mass is 316 g/mol. The molecule has 1 unspecified atom stereocenters. The lowest BCUT2D eigenvalue weighted by atomic mass is 9.91. The first-order chi connectivity index (χ1) is 11.0. The van der Waals surface area contributed by atoms with Gasteiger partial charge in [-0.05, 0) is 54.7 Å². The molecule has 2 aromatic rings. The summed E-state index contributed by atoms with van der Waals surface area (Å²) in [6, 6.07) is 12.0. The molecule has 2 rings (SSSR count). The second-order valence-corrected chi connectivity index (χ2v) is 5.60. The van der Waals surface area contributed by atoms with E-state index in [9.17, 15) is 14.3 Å². The van der Waals surface area contributed by atoms with Gasteiger partial charge in [0.2, 0.25) is 0 Å². The summed E-state index contributed by atoms with van der Waals surface area (Å²) in [6.45, 7) is 4.34. The maximum atomic E-state index is 13.7. The SMILES string of the molecule is CCCOc1ccc(CC(C(=O)O)c2ccc(C)c(F)c2)cc1. The molecule has 0 aromatic heterocycles. The zero-order valence-corrected chi connectivity index (χ0v) is 13.4. The molecule has 1 atom stereocenters. The van der Waals surface area contributed by atoms with E-state index in [0.29, 0.717) is 24.2 Å². The minimum Gasteiger partial charge on any atom is -0.494 e. The van der Waals surface area contributed by atoms with Crippen molar-refractivity contribution in [1.29, 1.82) is 0 Å². The largest absolute Gasteiger partial charge is 0.494 e. The number of benzene rings is 2. The third-order valence-electron chi connectivity index (χ3n) is 3.73. The number of carboxylic acids is 1. The van der Waals surface area contributed by atoms with Crippen molar-refractivity contribution >= 4 is 5.97 Å². The van der Waals surface area contributed by atoms with Crippen LogP contribution in [-0.4, -0.2) is 17.7 Å². The predicted molar refractivity (Wildman–Crippen MR) is 87.4 cm³/mol. The van der Waals surface area contributed by atoms with Crippen LogP contribution in [-0.2, 0) is 11.2 Å². The molecule has 3 nitrogen and oxygen atoms in total. The number of carboxylic acid groups (broad SMARTS) is 1. The number of aliphatic carboxylic acids is 1. The summed E-state index contributed by atoms with van der Waals surface area (Å²) in [5.41, 5.74) is 1.87. The van der Waals surface area contributed by atoms with Crippen LogP contribution in [0.4, 0.5) is 4.39 Å². The van der Waals surface area contributed by atoms with Crippen LogP contribution in [0.25, 0.3) is 0 Å². The summed E-state index contributed by atoms with van der Waals surface area (Å²) in [4.78, 5) is 11.6. The second-order valence-electron chi connectivity index (χ2n) is 5.60. The van der Waals surface area contributed by atoms with Crippen LogP contribution >= 0.6 is 0 Å². The van der Waals surface area contributed by atoms with Crippen LogP contribution in [0.5, 0.6) is 5.75 Å². The van der Waals surface area contributed by atoms with Gasteiger partial charge in [-0.2, -0.15) is 0 Å². The number of halogens is 1. The van der Waals surface area contributed by atoms with Crippen molar-refractivity contribution in [2.24, 2.45) is 0 Å². The fourth-order valence-corrected chi connectivity index (χ4v) is 2.35. The van der Waals surface area contributed by atoms with E-state index >= 15 is 0 Å². The first-order valence-corrected chi connectivity index (χ1v) is 7.72. The molecule has 0 aliphatic heterocycles. The van der Waals surface area contributed by atoms with Crippen LogP contribution in [0.3, 0.4) is 0 Å². The molecule has 0 bridgehead atoms. The Kier molecular flexibility index (Phi) is 5.74. The molecule has 122 valence electrons. The van der Waals surface area contributed by atoms with Crippen LogP contribution in [0, 0.1) is 12.7 Å². The van der Waals surface area contributed by atoms with Crippen molar-refractivity contribution in [1.82, 2.24) is 0 Å². The van der Waals surface area contributed by atoms with E-state index in [2.05, 4.69) is 0 Å². The predicted octanol–water partition coefficient (Wildman–Crippen LogP) is 4.33. The smallest absolute Gasteiger partial charge is 0.311 e. The Bertz CT molecular complexity index is 665. The molecule has 0 spiro atoms. The summed E-state index contributed by atoms with van der Waals surface area (Å²) in [5, 5.41) is 9.47. The topological polar surface area (TPSA) is 46.5 Å². The molecule has 0 aliphatic rings. The maximum absolute atomic E-state index is 13.7. The van der Waals surface area contributed by atoms with Gasteiger partial charge in [-0.1, -0.05) is 31.2 Å². The van der Waals surface area contributed by atoms with Gasteiger partial charge in [0.25, 0.3) is 0 Å². The van der Waals surface area contributed by atoms with Crippen molar-refractivity contribution in [3.05, 3.63) is 65.0 Å². The normalized spacial score (nSPS) is 12.0. The van der Waals surface area contributed by atoms with Gasteiger partial charge in [0.15, 0.2) is 0 Å². The lowest BCUT2D eigenvalue weighted by Crippen LogP contribution is -2.15. The number of ether oxygens (including phenoxy) is 1. The summed E-state index contributed by atoms with van der Waals surface area (Å²) < 4.78 is 19.2. The van der Waals surface area contributed by atoms with Gasteiger partial charge < -0.3 is 9.84 Å². The van der Waals surface area contributed by atoms with Gasteiger partial charge in [-0.15, -0.1) is 0 Å². The maximum Gasteiger partial charge on any atom is 0.311 e. The van der Waals surface area contributed by atoms with Crippen molar-refractivity contribution in [2.45, 2.75) is 32.6 Å². The molecule has 0 radical (unpaired) electrons. The Labute approximate surface area is 135 Å². The average Bonchev–Trinajstić information content (AvgIpc) is 2.54.